The van der Waals surface area contributed by atoms with Gasteiger partial charge in [0.1, 0.15) is 23.3 Å². The van der Waals surface area contributed by atoms with Gasteiger partial charge in [-0.2, -0.15) is 5.26 Å². The van der Waals surface area contributed by atoms with E-state index in [9.17, 15) is 4.39 Å². The van der Waals surface area contributed by atoms with Crippen LogP contribution in [0, 0.1) is 24.1 Å². The number of hydrogen-bond acceptors (Lipinski definition) is 4. The number of rotatable bonds is 2. The number of halogens is 1. The molecular weight excluding hydrogens is 231 g/mol. The number of hydrogen-bond donors (Lipinski definition) is 2. The smallest absolute Gasteiger partial charge is 0.143 e. The van der Waals surface area contributed by atoms with Gasteiger partial charge in [0.25, 0.3) is 0 Å². The summed E-state index contributed by atoms with van der Waals surface area (Å²) in [4.78, 5) is 4.12. The van der Waals surface area contributed by atoms with E-state index in [1.54, 1.807) is 18.3 Å². The van der Waals surface area contributed by atoms with Gasteiger partial charge in [-0.3, -0.25) is 0 Å². The Balaban J connectivity index is 2.37. The van der Waals surface area contributed by atoms with E-state index >= 15 is 0 Å². The normalized spacial score (nSPS) is 9.83. The van der Waals surface area contributed by atoms with Gasteiger partial charge < -0.3 is 11.1 Å². The number of aromatic nitrogens is 1. The molecule has 5 heteroatoms. The SMILES string of the molecule is Cc1cnc(Nc2cccc(F)c2C#N)cc1N. The summed E-state index contributed by atoms with van der Waals surface area (Å²) in [6, 6.07) is 7.82. The van der Waals surface area contributed by atoms with Gasteiger partial charge in [0.15, 0.2) is 0 Å². The number of anilines is 3. The lowest BCUT2D eigenvalue weighted by molar-refractivity contribution is 0.624. The Kier molecular flexibility index (Phi) is 3.11. The van der Waals surface area contributed by atoms with Crippen LogP contribution in [0.3, 0.4) is 0 Å². The zero-order valence-electron chi connectivity index (χ0n) is 9.74. The molecule has 0 unspecified atom stereocenters. The highest BCUT2D eigenvalue weighted by molar-refractivity contribution is 5.67. The van der Waals surface area contributed by atoms with Crippen LogP contribution in [0.4, 0.5) is 21.6 Å². The number of nitrogen functional groups attached to an aromatic ring is 1. The molecule has 0 bridgehead atoms. The fourth-order valence-electron chi connectivity index (χ4n) is 1.49. The van der Waals surface area contributed by atoms with E-state index < -0.39 is 5.82 Å². The molecule has 0 fully saturated rings. The fraction of sp³-hybridized carbons (Fsp3) is 0.0769. The largest absolute Gasteiger partial charge is 0.398 e. The molecule has 1 aromatic heterocycles. The lowest BCUT2D eigenvalue weighted by Crippen LogP contribution is -2.00. The average Bonchev–Trinajstić information content (AvgIpc) is 2.34. The highest BCUT2D eigenvalue weighted by atomic mass is 19.1. The molecule has 1 heterocycles. The lowest BCUT2D eigenvalue weighted by Gasteiger charge is -2.09. The van der Waals surface area contributed by atoms with Crippen LogP contribution >= 0.6 is 0 Å². The second-order valence-corrected chi connectivity index (χ2v) is 3.83. The van der Waals surface area contributed by atoms with Gasteiger partial charge in [0, 0.05) is 18.0 Å². The molecule has 0 saturated heterocycles. The average molecular weight is 242 g/mol. The molecule has 3 N–H and O–H groups in total. The Hall–Kier alpha value is -2.61. The third-order valence-electron chi connectivity index (χ3n) is 2.53. The number of aryl methyl sites for hydroxylation is 1. The number of nitrogens with zero attached hydrogens (tertiary/aromatic N) is 2. The van der Waals surface area contributed by atoms with Crippen LogP contribution in [-0.4, -0.2) is 4.98 Å². The minimum Gasteiger partial charge on any atom is -0.398 e. The molecule has 1 aromatic carbocycles. The van der Waals surface area contributed by atoms with Crippen LogP contribution < -0.4 is 11.1 Å². The van der Waals surface area contributed by atoms with Gasteiger partial charge in [-0.1, -0.05) is 6.07 Å². The van der Waals surface area contributed by atoms with E-state index in [1.807, 2.05) is 13.0 Å². The Morgan fingerprint density at radius 1 is 1.44 bits per heavy atom. The summed E-state index contributed by atoms with van der Waals surface area (Å²) in [6.07, 6.45) is 1.61. The Bertz CT molecular complexity index is 631. The summed E-state index contributed by atoms with van der Waals surface area (Å²) >= 11 is 0. The first kappa shape index (κ1) is 11.9. The summed E-state index contributed by atoms with van der Waals surface area (Å²) in [5, 5.41) is 11.8. The number of pyridine rings is 1. The van der Waals surface area contributed by atoms with Crippen molar-refractivity contribution in [3.8, 4) is 6.07 Å². The topological polar surface area (TPSA) is 74.7 Å². The Morgan fingerprint density at radius 2 is 2.22 bits per heavy atom. The standard InChI is InChI=1S/C13H11FN4/c1-8-7-17-13(5-11(8)16)18-12-4-2-3-10(14)9(12)6-15/h2-5,7H,1H3,(H3,16,17,18). The Morgan fingerprint density at radius 3 is 2.89 bits per heavy atom. The van der Waals surface area contributed by atoms with Crippen molar-refractivity contribution >= 4 is 17.2 Å². The molecule has 0 aliphatic rings. The van der Waals surface area contributed by atoms with Crippen molar-refractivity contribution in [3.05, 3.63) is 47.4 Å². The molecule has 0 radical (unpaired) electrons. The maximum Gasteiger partial charge on any atom is 0.143 e. The minimum absolute atomic E-state index is 0.0431. The van der Waals surface area contributed by atoms with Gasteiger partial charge in [-0.05, 0) is 24.6 Å². The van der Waals surface area contributed by atoms with Crippen LogP contribution in [0.5, 0.6) is 0 Å². The Labute approximate surface area is 104 Å². The van der Waals surface area contributed by atoms with E-state index in [1.165, 1.54) is 12.1 Å². The van der Waals surface area contributed by atoms with Crippen molar-refractivity contribution in [3.63, 3.8) is 0 Å². The maximum atomic E-state index is 13.4. The predicted molar refractivity (Wildman–Crippen MR) is 67.8 cm³/mol. The highest BCUT2D eigenvalue weighted by Crippen LogP contribution is 2.23. The van der Waals surface area contributed by atoms with Crippen LogP contribution in [-0.2, 0) is 0 Å². The van der Waals surface area contributed by atoms with Gasteiger partial charge >= 0.3 is 0 Å². The van der Waals surface area contributed by atoms with E-state index in [0.717, 1.165) is 5.56 Å². The summed E-state index contributed by atoms with van der Waals surface area (Å²) in [5.74, 6) is -0.0946. The van der Waals surface area contributed by atoms with E-state index in [-0.39, 0.29) is 5.56 Å². The first-order valence-electron chi connectivity index (χ1n) is 5.29. The second-order valence-electron chi connectivity index (χ2n) is 3.83. The fourth-order valence-corrected chi connectivity index (χ4v) is 1.49. The highest BCUT2D eigenvalue weighted by Gasteiger charge is 2.08. The third-order valence-corrected chi connectivity index (χ3v) is 2.53. The first-order chi connectivity index (χ1) is 8.61. The summed E-state index contributed by atoms with van der Waals surface area (Å²) in [5.41, 5.74) is 7.53. The van der Waals surface area contributed by atoms with E-state index in [2.05, 4.69) is 10.3 Å². The van der Waals surface area contributed by atoms with Crippen LogP contribution in [0.25, 0.3) is 0 Å². The van der Waals surface area contributed by atoms with Crippen LogP contribution in [0.1, 0.15) is 11.1 Å². The maximum absolute atomic E-state index is 13.4. The molecule has 0 saturated carbocycles. The minimum atomic E-state index is -0.567. The van der Waals surface area contributed by atoms with Crippen molar-refractivity contribution < 1.29 is 4.39 Å². The zero-order chi connectivity index (χ0) is 13.1. The molecule has 2 aromatic rings. The molecule has 0 aliphatic carbocycles. The van der Waals surface area contributed by atoms with Gasteiger partial charge in [-0.25, -0.2) is 9.37 Å². The van der Waals surface area contributed by atoms with Crippen molar-refractivity contribution in [2.24, 2.45) is 0 Å². The molecular formula is C13H11FN4. The number of nitrogens with one attached hydrogen (secondary N) is 1. The molecule has 90 valence electrons. The first-order valence-corrected chi connectivity index (χ1v) is 5.29. The third kappa shape index (κ3) is 2.23. The number of benzene rings is 1. The molecule has 4 nitrogen and oxygen atoms in total. The molecule has 0 atom stereocenters. The number of nitrogens with two attached hydrogens (primary N) is 1. The van der Waals surface area contributed by atoms with E-state index in [0.29, 0.717) is 17.2 Å². The zero-order valence-corrected chi connectivity index (χ0v) is 9.74. The van der Waals surface area contributed by atoms with Gasteiger partial charge in [0.05, 0.1) is 5.69 Å². The van der Waals surface area contributed by atoms with Crippen molar-refractivity contribution in [1.82, 2.24) is 4.98 Å². The monoisotopic (exact) mass is 242 g/mol. The van der Waals surface area contributed by atoms with Crippen molar-refractivity contribution in [2.45, 2.75) is 6.92 Å². The number of nitriles is 1. The molecule has 0 amide bonds. The predicted octanol–water partition coefficient (Wildman–Crippen LogP) is 2.73. The molecule has 2 rings (SSSR count). The molecule has 0 spiro atoms. The molecule has 0 aliphatic heterocycles. The summed E-state index contributed by atoms with van der Waals surface area (Å²) < 4.78 is 13.4. The van der Waals surface area contributed by atoms with Crippen LogP contribution in [0.15, 0.2) is 30.5 Å². The van der Waals surface area contributed by atoms with Crippen molar-refractivity contribution in [2.75, 3.05) is 11.1 Å². The summed E-state index contributed by atoms with van der Waals surface area (Å²) in [6.45, 7) is 1.84. The molecule has 18 heavy (non-hydrogen) atoms. The quantitative estimate of drug-likeness (QED) is 0.849. The van der Waals surface area contributed by atoms with Crippen molar-refractivity contribution in [1.29, 1.82) is 5.26 Å². The van der Waals surface area contributed by atoms with E-state index in [4.69, 9.17) is 11.0 Å². The van der Waals surface area contributed by atoms with Gasteiger partial charge in [-0.15, -0.1) is 0 Å². The second kappa shape index (κ2) is 4.72. The summed E-state index contributed by atoms with van der Waals surface area (Å²) in [7, 11) is 0. The lowest BCUT2D eigenvalue weighted by atomic mass is 10.2. The van der Waals surface area contributed by atoms with Gasteiger partial charge in [0.2, 0.25) is 0 Å². The van der Waals surface area contributed by atoms with Crippen LogP contribution in [0.2, 0.25) is 0 Å².